The van der Waals surface area contributed by atoms with Crippen molar-refractivity contribution in [1.82, 2.24) is 19.6 Å². The minimum Gasteiger partial charge on any atom is -0.330 e. The summed E-state index contributed by atoms with van der Waals surface area (Å²) in [7, 11) is 0. The first kappa shape index (κ1) is 13.8. The second kappa shape index (κ2) is 5.57. The first-order chi connectivity index (χ1) is 9.02. The minimum absolute atomic E-state index is 0.391. The first-order valence-corrected chi connectivity index (χ1v) is 6.80. The van der Waals surface area contributed by atoms with E-state index in [1.54, 1.807) is 0 Å². The van der Waals surface area contributed by atoms with E-state index in [1.165, 1.54) is 11.3 Å². The van der Waals surface area contributed by atoms with Gasteiger partial charge in [-0.15, -0.1) is 0 Å². The lowest BCUT2D eigenvalue weighted by atomic mass is 10.1. The largest absolute Gasteiger partial charge is 0.330 e. The lowest BCUT2D eigenvalue weighted by Gasteiger charge is -2.05. The fraction of sp³-hybridized carbons (Fsp3) is 0.571. The van der Waals surface area contributed by atoms with Crippen LogP contribution in [0.4, 0.5) is 0 Å². The average molecular weight is 261 g/mol. The van der Waals surface area contributed by atoms with E-state index in [0.29, 0.717) is 12.6 Å². The van der Waals surface area contributed by atoms with Crippen LogP contribution in [-0.4, -0.2) is 26.1 Å². The Morgan fingerprint density at radius 1 is 1.26 bits per heavy atom. The fourth-order valence-electron chi connectivity index (χ4n) is 2.30. The van der Waals surface area contributed by atoms with E-state index in [2.05, 4.69) is 37.0 Å². The van der Waals surface area contributed by atoms with Crippen LogP contribution < -0.4 is 5.73 Å². The van der Waals surface area contributed by atoms with Gasteiger partial charge in [0.1, 0.15) is 0 Å². The monoisotopic (exact) mass is 261 g/mol. The van der Waals surface area contributed by atoms with E-state index >= 15 is 0 Å². The molecule has 0 saturated heterocycles. The molecule has 2 rings (SSSR count). The molecule has 0 spiro atoms. The standard InChI is InChI=1S/C14H23N5/c1-10(2)18-8-6-13(17-18)9-19-12(4)14(5-7-15)11(3)16-19/h6,8,10H,5,7,9,15H2,1-4H3. The zero-order valence-electron chi connectivity index (χ0n) is 12.2. The number of nitrogens with two attached hydrogens (primary N) is 1. The molecule has 0 radical (unpaired) electrons. The maximum absolute atomic E-state index is 5.64. The van der Waals surface area contributed by atoms with Crippen LogP contribution >= 0.6 is 0 Å². The first-order valence-electron chi connectivity index (χ1n) is 6.80. The summed E-state index contributed by atoms with van der Waals surface area (Å²) < 4.78 is 4.00. The molecule has 2 N–H and O–H groups in total. The van der Waals surface area contributed by atoms with Crippen LogP contribution in [0.3, 0.4) is 0 Å². The zero-order chi connectivity index (χ0) is 14.0. The van der Waals surface area contributed by atoms with Crippen molar-refractivity contribution in [3.8, 4) is 0 Å². The Labute approximate surface area is 114 Å². The summed E-state index contributed by atoms with van der Waals surface area (Å²) in [5.41, 5.74) is 10.2. The number of nitrogens with zero attached hydrogens (tertiary/aromatic N) is 4. The third-order valence-corrected chi connectivity index (χ3v) is 3.43. The normalized spacial score (nSPS) is 11.5. The molecule has 0 amide bonds. The van der Waals surface area contributed by atoms with E-state index < -0.39 is 0 Å². The van der Waals surface area contributed by atoms with Gasteiger partial charge in [0.05, 0.1) is 17.9 Å². The summed E-state index contributed by atoms with van der Waals surface area (Å²) >= 11 is 0. The van der Waals surface area contributed by atoms with Crippen molar-refractivity contribution in [2.45, 2.75) is 46.7 Å². The predicted octanol–water partition coefficient (Wildman–Crippen LogP) is 1.83. The van der Waals surface area contributed by atoms with Crippen molar-refractivity contribution < 1.29 is 0 Å². The molecule has 5 heteroatoms. The summed E-state index contributed by atoms with van der Waals surface area (Å²) in [4.78, 5) is 0. The van der Waals surface area contributed by atoms with Gasteiger partial charge in [-0.1, -0.05) is 0 Å². The molecule has 0 bridgehead atoms. The summed E-state index contributed by atoms with van der Waals surface area (Å²) in [5, 5.41) is 9.15. The Kier molecular flexibility index (Phi) is 4.04. The number of aryl methyl sites for hydroxylation is 1. The molecule has 0 atom stereocenters. The number of aromatic nitrogens is 4. The molecule has 2 aromatic heterocycles. The lowest BCUT2D eigenvalue weighted by molar-refractivity contribution is 0.519. The predicted molar refractivity (Wildman–Crippen MR) is 76.2 cm³/mol. The second-order valence-corrected chi connectivity index (χ2v) is 5.23. The highest BCUT2D eigenvalue weighted by Crippen LogP contribution is 2.15. The molecule has 0 fully saturated rings. The molecule has 0 aliphatic carbocycles. The molecular formula is C14H23N5. The molecule has 104 valence electrons. The quantitative estimate of drug-likeness (QED) is 0.893. The third kappa shape index (κ3) is 2.87. The highest BCUT2D eigenvalue weighted by Gasteiger charge is 2.12. The molecule has 5 nitrogen and oxygen atoms in total. The van der Waals surface area contributed by atoms with E-state index in [1.807, 2.05) is 22.5 Å². The smallest absolute Gasteiger partial charge is 0.0853 e. The Morgan fingerprint density at radius 2 is 2.00 bits per heavy atom. The second-order valence-electron chi connectivity index (χ2n) is 5.23. The molecule has 0 unspecified atom stereocenters. The van der Waals surface area contributed by atoms with Crippen molar-refractivity contribution >= 4 is 0 Å². The molecule has 0 saturated carbocycles. The maximum atomic E-state index is 5.64. The van der Waals surface area contributed by atoms with Gasteiger partial charge < -0.3 is 5.73 Å². The van der Waals surface area contributed by atoms with Gasteiger partial charge in [-0.05, 0) is 52.3 Å². The number of hydrogen-bond donors (Lipinski definition) is 1. The molecular weight excluding hydrogens is 238 g/mol. The van der Waals surface area contributed by atoms with Crippen LogP contribution in [0, 0.1) is 13.8 Å². The Balaban J connectivity index is 2.20. The van der Waals surface area contributed by atoms with Crippen LogP contribution in [0.2, 0.25) is 0 Å². The van der Waals surface area contributed by atoms with Crippen molar-refractivity contribution in [3.63, 3.8) is 0 Å². The number of rotatable bonds is 5. The van der Waals surface area contributed by atoms with Crippen molar-refractivity contribution in [3.05, 3.63) is 34.9 Å². The van der Waals surface area contributed by atoms with Gasteiger partial charge >= 0.3 is 0 Å². The van der Waals surface area contributed by atoms with Gasteiger partial charge in [0.25, 0.3) is 0 Å². The molecule has 2 aromatic rings. The molecule has 2 heterocycles. The van der Waals surface area contributed by atoms with Gasteiger partial charge in [0, 0.05) is 17.9 Å². The van der Waals surface area contributed by atoms with Crippen LogP contribution in [0.1, 0.15) is 42.5 Å². The van der Waals surface area contributed by atoms with E-state index in [0.717, 1.165) is 24.4 Å². The fourth-order valence-corrected chi connectivity index (χ4v) is 2.30. The van der Waals surface area contributed by atoms with E-state index in [-0.39, 0.29) is 0 Å². The molecule has 0 aromatic carbocycles. The van der Waals surface area contributed by atoms with Crippen LogP contribution in [0.25, 0.3) is 0 Å². The van der Waals surface area contributed by atoms with Gasteiger partial charge in [-0.3, -0.25) is 9.36 Å². The van der Waals surface area contributed by atoms with Crippen molar-refractivity contribution in [2.75, 3.05) is 6.54 Å². The highest BCUT2D eigenvalue weighted by atomic mass is 15.3. The minimum atomic E-state index is 0.391. The van der Waals surface area contributed by atoms with Crippen LogP contribution in [-0.2, 0) is 13.0 Å². The maximum Gasteiger partial charge on any atom is 0.0853 e. The average Bonchev–Trinajstić information content (AvgIpc) is 2.91. The van der Waals surface area contributed by atoms with Crippen molar-refractivity contribution in [2.24, 2.45) is 5.73 Å². The van der Waals surface area contributed by atoms with E-state index in [4.69, 9.17) is 5.73 Å². The summed E-state index contributed by atoms with van der Waals surface area (Å²) in [6.07, 6.45) is 2.91. The SMILES string of the molecule is Cc1nn(Cc2ccn(C(C)C)n2)c(C)c1CCN. The van der Waals surface area contributed by atoms with Gasteiger partial charge in [0.15, 0.2) is 0 Å². The Bertz CT molecular complexity index is 550. The third-order valence-electron chi connectivity index (χ3n) is 3.43. The summed E-state index contributed by atoms with van der Waals surface area (Å²) in [6, 6.07) is 2.45. The van der Waals surface area contributed by atoms with Gasteiger partial charge in [-0.25, -0.2) is 0 Å². The number of hydrogen-bond acceptors (Lipinski definition) is 3. The summed E-state index contributed by atoms with van der Waals surface area (Å²) in [6.45, 7) is 9.77. The highest BCUT2D eigenvalue weighted by molar-refractivity contribution is 5.25. The topological polar surface area (TPSA) is 61.7 Å². The van der Waals surface area contributed by atoms with Crippen LogP contribution in [0.5, 0.6) is 0 Å². The zero-order valence-corrected chi connectivity index (χ0v) is 12.2. The summed E-state index contributed by atoms with van der Waals surface area (Å²) in [5.74, 6) is 0. The Morgan fingerprint density at radius 3 is 2.58 bits per heavy atom. The van der Waals surface area contributed by atoms with Gasteiger partial charge in [0.2, 0.25) is 0 Å². The molecule has 0 aliphatic heterocycles. The van der Waals surface area contributed by atoms with Gasteiger partial charge in [-0.2, -0.15) is 10.2 Å². The van der Waals surface area contributed by atoms with Crippen LogP contribution in [0.15, 0.2) is 12.3 Å². The lowest BCUT2D eigenvalue weighted by Crippen LogP contribution is -2.08. The molecule has 0 aliphatic rings. The van der Waals surface area contributed by atoms with E-state index in [9.17, 15) is 0 Å². The van der Waals surface area contributed by atoms with Crippen molar-refractivity contribution in [1.29, 1.82) is 0 Å². The molecule has 19 heavy (non-hydrogen) atoms. The Hall–Kier alpha value is -1.62.